The zero-order valence-electron chi connectivity index (χ0n) is 10.8. The summed E-state index contributed by atoms with van der Waals surface area (Å²) in [6, 6.07) is 0.484. The van der Waals surface area contributed by atoms with Crippen LogP contribution in [0.15, 0.2) is 12.5 Å². The van der Waals surface area contributed by atoms with Gasteiger partial charge in [-0.2, -0.15) is 0 Å². The lowest BCUT2D eigenvalue weighted by molar-refractivity contribution is 0.110. The highest BCUT2D eigenvalue weighted by molar-refractivity contribution is 5.05. The van der Waals surface area contributed by atoms with E-state index in [0.29, 0.717) is 6.04 Å². The number of nitrogens with two attached hydrogens (primary N) is 1. The molecule has 0 spiro atoms. The molecule has 0 saturated heterocycles. The Balaban J connectivity index is 2.08. The lowest BCUT2D eigenvalue weighted by Gasteiger charge is -2.29. The SMILES string of the molecule is CC(C)(N)Cc1cncn1C1CCC(O)CC1. The Kier molecular flexibility index (Phi) is 3.54. The number of hydrogen-bond acceptors (Lipinski definition) is 3. The second kappa shape index (κ2) is 4.78. The second-order valence-electron chi connectivity index (χ2n) is 5.92. The Morgan fingerprint density at radius 2 is 2.06 bits per heavy atom. The maximum absolute atomic E-state index is 9.54. The Morgan fingerprint density at radius 1 is 1.41 bits per heavy atom. The Morgan fingerprint density at radius 3 is 2.65 bits per heavy atom. The minimum atomic E-state index is -0.202. The summed E-state index contributed by atoms with van der Waals surface area (Å²) in [5, 5.41) is 9.54. The lowest BCUT2D eigenvalue weighted by atomic mass is 9.92. The molecule has 0 bridgehead atoms. The fraction of sp³-hybridized carbons (Fsp3) is 0.769. The number of rotatable bonds is 3. The first-order valence-corrected chi connectivity index (χ1v) is 6.43. The molecule has 1 aliphatic rings. The lowest BCUT2D eigenvalue weighted by Crippen LogP contribution is -2.35. The van der Waals surface area contributed by atoms with Gasteiger partial charge in [-0.05, 0) is 39.5 Å². The van der Waals surface area contributed by atoms with Gasteiger partial charge in [0.2, 0.25) is 0 Å². The van der Waals surface area contributed by atoms with E-state index in [-0.39, 0.29) is 11.6 Å². The molecule has 1 fully saturated rings. The molecule has 1 heterocycles. The van der Waals surface area contributed by atoms with E-state index in [1.54, 1.807) is 0 Å². The van der Waals surface area contributed by atoms with Crippen LogP contribution in [0.1, 0.15) is 51.3 Å². The van der Waals surface area contributed by atoms with Gasteiger partial charge in [0.25, 0.3) is 0 Å². The van der Waals surface area contributed by atoms with Crippen molar-refractivity contribution in [2.75, 3.05) is 0 Å². The summed E-state index contributed by atoms with van der Waals surface area (Å²) in [4.78, 5) is 4.25. The van der Waals surface area contributed by atoms with Crippen LogP contribution in [0.25, 0.3) is 0 Å². The van der Waals surface area contributed by atoms with E-state index in [9.17, 15) is 5.11 Å². The summed E-state index contributed by atoms with van der Waals surface area (Å²) in [6.07, 6.45) is 8.42. The minimum Gasteiger partial charge on any atom is -0.393 e. The van der Waals surface area contributed by atoms with Crippen LogP contribution in [-0.4, -0.2) is 26.3 Å². The summed E-state index contributed by atoms with van der Waals surface area (Å²) in [5.74, 6) is 0. The van der Waals surface area contributed by atoms with Crippen LogP contribution in [0.5, 0.6) is 0 Å². The van der Waals surface area contributed by atoms with Crippen LogP contribution in [0.3, 0.4) is 0 Å². The highest BCUT2D eigenvalue weighted by Gasteiger charge is 2.23. The molecule has 96 valence electrons. The molecule has 0 atom stereocenters. The maximum atomic E-state index is 9.54. The standard InChI is InChI=1S/C13H23N3O/c1-13(2,14)7-11-8-15-9-16(11)10-3-5-12(17)6-4-10/h8-10,12,17H,3-7,14H2,1-2H3. The highest BCUT2D eigenvalue weighted by Crippen LogP contribution is 2.29. The first-order chi connectivity index (χ1) is 7.96. The van der Waals surface area contributed by atoms with Crippen molar-refractivity contribution in [3.05, 3.63) is 18.2 Å². The van der Waals surface area contributed by atoms with Crippen LogP contribution < -0.4 is 5.73 Å². The predicted molar refractivity (Wildman–Crippen MR) is 67.7 cm³/mol. The molecular formula is C13H23N3O. The first kappa shape index (κ1) is 12.6. The van der Waals surface area contributed by atoms with Crippen molar-refractivity contribution in [3.63, 3.8) is 0 Å². The Labute approximate surface area is 103 Å². The topological polar surface area (TPSA) is 64.1 Å². The zero-order chi connectivity index (χ0) is 12.5. The number of nitrogens with zero attached hydrogens (tertiary/aromatic N) is 2. The molecule has 1 aromatic rings. The normalized spacial score (nSPS) is 26.1. The van der Waals surface area contributed by atoms with E-state index in [0.717, 1.165) is 32.1 Å². The van der Waals surface area contributed by atoms with Crippen LogP contribution >= 0.6 is 0 Å². The van der Waals surface area contributed by atoms with E-state index < -0.39 is 0 Å². The fourth-order valence-corrected chi connectivity index (χ4v) is 2.60. The third-order valence-electron chi connectivity index (χ3n) is 3.44. The summed E-state index contributed by atoms with van der Waals surface area (Å²) >= 11 is 0. The zero-order valence-corrected chi connectivity index (χ0v) is 10.8. The average molecular weight is 237 g/mol. The molecule has 1 aliphatic carbocycles. The van der Waals surface area contributed by atoms with Crippen LogP contribution in [-0.2, 0) is 6.42 Å². The summed E-state index contributed by atoms with van der Waals surface area (Å²) in [7, 11) is 0. The van der Waals surface area contributed by atoms with Gasteiger partial charge < -0.3 is 15.4 Å². The van der Waals surface area contributed by atoms with Crippen molar-refractivity contribution in [3.8, 4) is 0 Å². The van der Waals surface area contributed by atoms with Crippen molar-refractivity contribution in [2.45, 2.75) is 63.6 Å². The quantitative estimate of drug-likeness (QED) is 0.840. The smallest absolute Gasteiger partial charge is 0.0950 e. The van der Waals surface area contributed by atoms with Gasteiger partial charge in [-0.3, -0.25) is 0 Å². The van der Waals surface area contributed by atoms with Gasteiger partial charge in [0.15, 0.2) is 0 Å². The monoisotopic (exact) mass is 237 g/mol. The number of aliphatic hydroxyl groups is 1. The largest absolute Gasteiger partial charge is 0.393 e. The molecule has 0 radical (unpaired) electrons. The van der Waals surface area contributed by atoms with Gasteiger partial charge in [0.05, 0.1) is 12.4 Å². The molecule has 4 heteroatoms. The molecule has 0 unspecified atom stereocenters. The maximum Gasteiger partial charge on any atom is 0.0950 e. The average Bonchev–Trinajstić information content (AvgIpc) is 2.64. The number of imidazole rings is 1. The van der Waals surface area contributed by atoms with Crippen LogP contribution in [0.4, 0.5) is 0 Å². The van der Waals surface area contributed by atoms with Crippen molar-refractivity contribution in [1.29, 1.82) is 0 Å². The van der Waals surface area contributed by atoms with E-state index in [4.69, 9.17) is 5.73 Å². The summed E-state index contributed by atoms with van der Waals surface area (Å²) in [5.41, 5.74) is 7.07. The van der Waals surface area contributed by atoms with E-state index in [1.807, 2.05) is 26.4 Å². The van der Waals surface area contributed by atoms with Gasteiger partial charge in [0.1, 0.15) is 0 Å². The summed E-state index contributed by atoms with van der Waals surface area (Å²) < 4.78 is 2.25. The third-order valence-corrected chi connectivity index (χ3v) is 3.44. The van der Waals surface area contributed by atoms with Crippen LogP contribution in [0, 0.1) is 0 Å². The number of aromatic nitrogens is 2. The molecule has 3 N–H and O–H groups in total. The minimum absolute atomic E-state index is 0.107. The van der Waals surface area contributed by atoms with Gasteiger partial charge in [0, 0.05) is 29.9 Å². The summed E-state index contributed by atoms with van der Waals surface area (Å²) in [6.45, 7) is 4.07. The van der Waals surface area contributed by atoms with E-state index in [1.165, 1.54) is 5.69 Å². The molecule has 17 heavy (non-hydrogen) atoms. The van der Waals surface area contributed by atoms with Gasteiger partial charge in [-0.25, -0.2) is 4.98 Å². The Bertz CT molecular complexity index is 359. The number of hydrogen-bond donors (Lipinski definition) is 2. The van der Waals surface area contributed by atoms with Gasteiger partial charge in [-0.1, -0.05) is 0 Å². The fourth-order valence-electron chi connectivity index (χ4n) is 2.60. The third kappa shape index (κ3) is 3.30. The molecule has 0 aromatic carbocycles. The van der Waals surface area contributed by atoms with Gasteiger partial charge >= 0.3 is 0 Å². The Hall–Kier alpha value is -0.870. The second-order valence-corrected chi connectivity index (χ2v) is 5.92. The van der Waals surface area contributed by atoms with Crippen LogP contribution in [0.2, 0.25) is 0 Å². The van der Waals surface area contributed by atoms with E-state index in [2.05, 4.69) is 9.55 Å². The molecule has 1 aromatic heterocycles. The van der Waals surface area contributed by atoms with Crippen molar-refractivity contribution in [2.24, 2.45) is 5.73 Å². The van der Waals surface area contributed by atoms with Gasteiger partial charge in [-0.15, -0.1) is 0 Å². The molecular weight excluding hydrogens is 214 g/mol. The van der Waals surface area contributed by atoms with E-state index >= 15 is 0 Å². The first-order valence-electron chi connectivity index (χ1n) is 6.43. The molecule has 0 amide bonds. The predicted octanol–water partition coefficient (Wildman–Crippen LogP) is 1.64. The molecule has 1 saturated carbocycles. The number of aliphatic hydroxyl groups excluding tert-OH is 1. The molecule has 4 nitrogen and oxygen atoms in total. The van der Waals surface area contributed by atoms with Crippen molar-refractivity contribution >= 4 is 0 Å². The van der Waals surface area contributed by atoms with Crippen molar-refractivity contribution in [1.82, 2.24) is 9.55 Å². The van der Waals surface area contributed by atoms with Crippen molar-refractivity contribution < 1.29 is 5.11 Å². The molecule has 2 rings (SSSR count). The highest BCUT2D eigenvalue weighted by atomic mass is 16.3. The molecule has 0 aliphatic heterocycles.